The summed E-state index contributed by atoms with van der Waals surface area (Å²) >= 11 is 0. The van der Waals surface area contributed by atoms with Crippen LogP contribution in [-0.4, -0.2) is 32.7 Å². The van der Waals surface area contributed by atoms with Crippen LogP contribution in [0.5, 0.6) is 17.2 Å². The Bertz CT molecular complexity index is 868. The van der Waals surface area contributed by atoms with Crippen LogP contribution in [0.1, 0.15) is 18.1 Å². The van der Waals surface area contributed by atoms with Gasteiger partial charge < -0.3 is 18.9 Å². The number of hydrogen-bond donors (Lipinski definition) is 0. The van der Waals surface area contributed by atoms with Gasteiger partial charge in [-0.05, 0) is 55.0 Å². The lowest BCUT2D eigenvalue weighted by atomic mass is 10.1. The first-order chi connectivity index (χ1) is 12.6. The van der Waals surface area contributed by atoms with Crippen LogP contribution in [0.15, 0.2) is 53.2 Å². The Balaban J connectivity index is 1.88. The van der Waals surface area contributed by atoms with Crippen LogP contribution in [0.4, 0.5) is 0 Å². The van der Waals surface area contributed by atoms with E-state index in [9.17, 15) is 4.79 Å². The SMILES string of the molecule is CCOc1ccc(/C=C2/N=C(c3ccc(OC)cc3)OC2=O)cc1OC. The van der Waals surface area contributed by atoms with Gasteiger partial charge in [-0.15, -0.1) is 0 Å². The van der Waals surface area contributed by atoms with Gasteiger partial charge in [0, 0.05) is 5.56 Å². The Labute approximate surface area is 151 Å². The molecule has 2 aromatic rings. The van der Waals surface area contributed by atoms with E-state index in [2.05, 4.69) is 4.99 Å². The molecule has 6 nitrogen and oxygen atoms in total. The van der Waals surface area contributed by atoms with Gasteiger partial charge in [0.1, 0.15) is 5.75 Å². The first-order valence-electron chi connectivity index (χ1n) is 8.12. The molecule has 0 fully saturated rings. The van der Waals surface area contributed by atoms with E-state index < -0.39 is 5.97 Å². The van der Waals surface area contributed by atoms with Gasteiger partial charge in [0.25, 0.3) is 0 Å². The Morgan fingerprint density at radius 1 is 1.04 bits per heavy atom. The Hall–Kier alpha value is -3.28. The minimum atomic E-state index is -0.497. The summed E-state index contributed by atoms with van der Waals surface area (Å²) in [6.45, 7) is 2.44. The van der Waals surface area contributed by atoms with E-state index in [1.807, 2.05) is 13.0 Å². The number of aliphatic imine (C=N–C) groups is 1. The fraction of sp³-hybridized carbons (Fsp3) is 0.200. The van der Waals surface area contributed by atoms with E-state index in [-0.39, 0.29) is 11.6 Å². The van der Waals surface area contributed by atoms with Gasteiger partial charge in [0.2, 0.25) is 5.90 Å². The van der Waals surface area contributed by atoms with Crippen LogP contribution in [0.2, 0.25) is 0 Å². The lowest BCUT2D eigenvalue weighted by molar-refractivity contribution is -0.129. The zero-order valence-corrected chi connectivity index (χ0v) is 14.8. The zero-order valence-electron chi connectivity index (χ0n) is 14.8. The standard InChI is InChI=1S/C20H19NO5/c1-4-25-17-10-5-13(12-18(17)24-3)11-16-20(22)26-19(21-16)14-6-8-15(23-2)9-7-14/h5-12H,4H2,1-3H3/b16-11+. The number of carbonyl (C=O) groups is 1. The largest absolute Gasteiger partial charge is 0.497 e. The summed E-state index contributed by atoms with van der Waals surface area (Å²) in [4.78, 5) is 16.4. The van der Waals surface area contributed by atoms with Crippen molar-refractivity contribution in [2.45, 2.75) is 6.92 Å². The lowest BCUT2D eigenvalue weighted by Crippen LogP contribution is -2.05. The molecule has 0 atom stereocenters. The third-order valence-electron chi connectivity index (χ3n) is 3.75. The summed E-state index contributed by atoms with van der Waals surface area (Å²) in [5.41, 5.74) is 1.69. The van der Waals surface area contributed by atoms with Crippen molar-refractivity contribution in [2.75, 3.05) is 20.8 Å². The summed E-state index contributed by atoms with van der Waals surface area (Å²) < 4.78 is 21.2. The van der Waals surface area contributed by atoms with Crippen LogP contribution in [0, 0.1) is 0 Å². The first kappa shape index (κ1) is 17.5. The normalized spacial score (nSPS) is 14.8. The average Bonchev–Trinajstić information content (AvgIpc) is 3.03. The molecule has 1 heterocycles. The van der Waals surface area contributed by atoms with E-state index in [0.29, 0.717) is 23.7 Å². The summed E-state index contributed by atoms with van der Waals surface area (Å²) in [5, 5.41) is 0. The maximum absolute atomic E-state index is 12.1. The fourth-order valence-corrected chi connectivity index (χ4v) is 2.47. The Kier molecular flexibility index (Phi) is 5.22. The number of rotatable bonds is 6. The van der Waals surface area contributed by atoms with Gasteiger partial charge in [-0.1, -0.05) is 6.07 Å². The van der Waals surface area contributed by atoms with Gasteiger partial charge >= 0.3 is 5.97 Å². The molecule has 0 radical (unpaired) electrons. The number of nitrogens with zero attached hydrogens (tertiary/aromatic N) is 1. The molecular formula is C20H19NO5. The van der Waals surface area contributed by atoms with Crippen molar-refractivity contribution in [1.29, 1.82) is 0 Å². The maximum Gasteiger partial charge on any atom is 0.363 e. The highest BCUT2D eigenvalue weighted by atomic mass is 16.6. The van der Waals surface area contributed by atoms with Crippen molar-refractivity contribution in [3.05, 3.63) is 59.3 Å². The second kappa shape index (κ2) is 7.74. The number of methoxy groups -OCH3 is 2. The zero-order chi connectivity index (χ0) is 18.5. The van der Waals surface area contributed by atoms with Crippen LogP contribution in [0.25, 0.3) is 6.08 Å². The third-order valence-corrected chi connectivity index (χ3v) is 3.75. The molecule has 1 aliphatic heterocycles. The molecule has 0 spiro atoms. The number of cyclic esters (lactones) is 1. The van der Waals surface area contributed by atoms with Crippen molar-refractivity contribution < 1.29 is 23.7 Å². The molecule has 0 N–H and O–H groups in total. The molecule has 6 heteroatoms. The lowest BCUT2D eigenvalue weighted by Gasteiger charge is -2.09. The second-order valence-electron chi connectivity index (χ2n) is 5.41. The number of benzene rings is 2. The maximum atomic E-state index is 12.1. The molecule has 0 unspecified atom stereocenters. The molecule has 1 aliphatic rings. The number of hydrogen-bond acceptors (Lipinski definition) is 6. The monoisotopic (exact) mass is 353 g/mol. The third kappa shape index (κ3) is 3.69. The smallest absolute Gasteiger partial charge is 0.363 e. The molecule has 2 aromatic carbocycles. The molecule has 0 saturated heterocycles. The van der Waals surface area contributed by atoms with Crippen molar-refractivity contribution in [1.82, 2.24) is 0 Å². The predicted octanol–water partition coefficient (Wildman–Crippen LogP) is 3.45. The van der Waals surface area contributed by atoms with E-state index in [0.717, 1.165) is 11.3 Å². The van der Waals surface area contributed by atoms with E-state index >= 15 is 0 Å². The van der Waals surface area contributed by atoms with Crippen LogP contribution in [-0.2, 0) is 9.53 Å². The van der Waals surface area contributed by atoms with Crippen molar-refractivity contribution in [2.24, 2.45) is 4.99 Å². The highest BCUT2D eigenvalue weighted by Crippen LogP contribution is 2.29. The quantitative estimate of drug-likeness (QED) is 0.588. The molecule has 134 valence electrons. The van der Waals surface area contributed by atoms with Crippen molar-refractivity contribution in [3.63, 3.8) is 0 Å². The van der Waals surface area contributed by atoms with E-state index in [1.165, 1.54) is 0 Å². The van der Waals surface area contributed by atoms with Crippen molar-refractivity contribution in [3.8, 4) is 17.2 Å². The minimum Gasteiger partial charge on any atom is -0.497 e. The van der Waals surface area contributed by atoms with Crippen LogP contribution >= 0.6 is 0 Å². The minimum absolute atomic E-state index is 0.224. The topological polar surface area (TPSA) is 66.3 Å². The first-order valence-corrected chi connectivity index (χ1v) is 8.12. The van der Waals surface area contributed by atoms with Gasteiger partial charge in [0.05, 0.1) is 20.8 Å². The molecule has 0 bridgehead atoms. The fourth-order valence-electron chi connectivity index (χ4n) is 2.47. The molecule has 26 heavy (non-hydrogen) atoms. The van der Waals surface area contributed by atoms with Gasteiger partial charge in [-0.3, -0.25) is 0 Å². The van der Waals surface area contributed by atoms with Crippen LogP contribution < -0.4 is 14.2 Å². The highest BCUT2D eigenvalue weighted by Gasteiger charge is 2.24. The summed E-state index contributed by atoms with van der Waals surface area (Å²) in [7, 11) is 3.16. The van der Waals surface area contributed by atoms with E-state index in [1.54, 1.807) is 56.7 Å². The average molecular weight is 353 g/mol. The summed E-state index contributed by atoms with van der Waals surface area (Å²) in [6.07, 6.45) is 1.65. The highest BCUT2D eigenvalue weighted by molar-refractivity contribution is 6.12. The van der Waals surface area contributed by atoms with Crippen molar-refractivity contribution >= 4 is 17.9 Å². The van der Waals surface area contributed by atoms with Crippen LogP contribution in [0.3, 0.4) is 0 Å². The predicted molar refractivity (Wildman–Crippen MR) is 97.8 cm³/mol. The molecule has 0 aliphatic carbocycles. The summed E-state index contributed by atoms with van der Waals surface area (Å²) in [5.74, 6) is 1.72. The molecular weight excluding hydrogens is 334 g/mol. The Morgan fingerprint density at radius 3 is 2.46 bits per heavy atom. The number of esters is 1. The van der Waals surface area contributed by atoms with Gasteiger partial charge in [-0.25, -0.2) is 9.79 Å². The number of carbonyl (C=O) groups excluding carboxylic acids is 1. The summed E-state index contributed by atoms with van der Waals surface area (Å²) in [6, 6.07) is 12.5. The number of ether oxygens (including phenoxy) is 4. The molecule has 3 rings (SSSR count). The molecule has 0 aromatic heterocycles. The molecule has 0 saturated carbocycles. The van der Waals surface area contributed by atoms with E-state index in [4.69, 9.17) is 18.9 Å². The molecule has 0 amide bonds. The van der Waals surface area contributed by atoms with Gasteiger partial charge in [-0.2, -0.15) is 0 Å². The second-order valence-corrected chi connectivity index (χ2v) is 5.41. The Morgan fingerprint density at radius 2 is 1.81 bits per heavy atom. The van der Waals surface area contributed by atoms with Gasteiger partial charge in [0.15, 0.2) is 17.2 Å².